The van der Waals surface area contributed by atoms with Gasteiger partial charge in [0.25, 0.3) is 5.91 Å². The number of hydrogen-bond acceptors (Lipinski definition) is 8. The zero-order valence-corrected chi connectivity index (χ0v) is 18.3. The van der Waals surface area contributed by atoms with Crippen molar-refractivity contribution in [3.05, 3.63) is 40.8 Å². The standard InChI is InChI=1S/C20H22ClN7O4/c1-11-24-17(27-32-11)10-23-19(29)12-3-5-28(6-4-12)20(30)16-8-15(25-26-16)13-7-18(31-2)22-9-14(13)21/h7-9,12H,3-6,10H2,1-2H3,(H,23,29)(H,25,26). The molecule has 0 atom stereocenters. The fraction of sp³-hybridized carbons (Fsp3) is 0.400. The first-order valence-electron chi connectivity index (χ1n) is 10.1. The Hall–Kier alpha value is -3.47. The molecular weight excluding hydrogens is 438 g/mol. The Bertz CT molecular complexity index is 1120. The highest BCUT2D eigenvalue weighted by atomic mass is 35.5. The number of likely N-dealkylation sites (tertiary alicyclic amines) is 1. The smallest absolute Gasteiger partial charge is 0.274 e. The Labute approximate surface area is 188 Å². The van der Waals surface area contributed by atoms with E-state index in [0.717, 1.165) is 0 Å². The fourth-order valence-corrected chi connectivity index (χ4v) is 3.74. The molecule has 4 rings (SSSR count). The third-order valence-corrected chi connectivity index (χ3v) is 5.57. The summed E-state index contributed by atoms with van der Waals surface area (Å²) in [5.74, 6) is 0.831. The predicted octanol–water partition coefficient (Wildman–Crippen LogP) is 1.99. The minimum absolute atomic E-state index is 0.0807. The number of pyridine rings is 1. The summed E-state index contributed by atoms with van der Waals surface area (Å²) in [7, 11) is 1.51. The van der Waals surface area contributed by atoms with Crippen LogP contribution in [0.25, 0.3) is 11.3 Å². The number of carbonyl (C=O) groups excluding carboxylic acids is 2. The fourth-order valence-electron chi connectivity index (χ4n) is 3.54. The zero-order valence-electron chi connectivity index (χ0n) is 17.6. The molecule has 2 amide bonds. The van der Waals surface area contributed by atoms with Crippen LogP contribution in [0.1, 0.15) is 35.0 Å². The molecule has 0 unspecified atom stereocenters. The number of ether oxygens (including phenoxy) is 1. The molecule has 12 heteroatoms. The molecule has 1 aliphatic rings. The third-order valence-electron chi connectivity index (χ3n) is 5.27. The molecule has 3 aromatic heterocycles. The van der Waals surface area contributed by atoms with E-state index in [1.807, 2.05) is 0 Å². The van der Waals surface area contributed by atoms with Crippen molar-refractivity contribution in [2.75, 3.05) is 20.2 Å². The highest BCUT2D eigenvalue weighted by molar-refractivity contribution is 6.33. The highest BCUT2D eigenvalue weighted by Gasteiger charge is 2.29. The van der Waals surface area contributed by atoms with Crippen molar-refractivity contribution in [3.63, 3.8) is 0 Å². The average molecular weight is 460 g/mol. The van der Waals surface area contributed by atoms with E-state index in [4.69, 9.17) is 20.9 Å². The number of amides is 2. The number of rotatable bonds is 6. The SMILES string of the molecule is COc1cc(-c2cc(C(=O)N3CCC(C(=O)NCc4noc(C)n4)CC3)n[nH]2)c(Cl)cn1. The number of H-pyrrole nitrogens is 1. The van der Waals surface area contributed by atoms with Gasteiger partial charge in [0, 0.05) is 37.6 Å². The van der Waals surface area contributed by atoms with Crippen LogP contribution in [0, 0.1) is 12.8 Å². The van der Waals surface area contributed by atoms with E-state index in [0.29, 0.717) is 59.8 Å². The molecule has 1 aliphatic heterocycles. The van der Waals surface area contributed by atoms with Crippen LogP contribution in [0.3, 0.4) is 0 Å². The molecule has 0 radical (unpaired) electrons. The Morgan fingerprint density at radius 1 is 1.34 bits per heavy atom. The number of methoxy groups -OCH3 is 1. The van der Waals surface area contributed by atoms with Crippen LogP contribution in [0.5, 0.6) is 5.88 Å². The Balaban J connectivity index is 1.33. The lowest BCUT2D eigenvalue weighted by atomic mass is 9.95. The summed E-state index contributed by atoms with van der Waals surface area (Å²) in [6.07, 6.45) is 2.61. The molecule has 0 aromatic carbocycles. The second kappa shape index (κ2) is 9.35. The van der Waals surface area contributed by atoms with Crippen LogP contribution in [0.2, 0.25) is 5.02 Å². The van der Waals surface area contributed by atoms with Gasteiger partial charge < -0.3 is 19.5 Å². The average Bonchev–Trinajstić information content (AvgIpc) is 3.46. The van der Waals surface area contributed by atoms with E-state index < -0.39 is 0 Å². The molecule has 1 saturated heterocycles. The Kier molecular flexibility index (Phi) is 6.35. The zero-order chi connectivity index (χ0) is 22.7. The quantitative estimate of drug-likeness (QED) is 0.570. The van der Waals surface area contributed by atoms with Crippen LogP contribution in [-0.4, -0.2) is 62.2 Å². The van der Waals surface area contributed by atoms with Crippen LogP contribution in [-0.2, 0) is 11.3 Å². The molecule has 0 bridgehead atoms. The predicted molar refractivity (Wildman–Crippen MR) is 113 cm³/mol. The third kappa shape index (κ3) is 4.72. The minimum Gasteiger partial charge on any atom is -0.481 e. The van der Waals surface area contributed by atoms with Gasteiger partial charge in [0.1, 0.15) is 0 Å². The van der Waals surface area contributed by atoms with Crippen LogP contribution < -0.4 is 10.1 Å². The topological polar surface area (TPSA) is 139 Å². The first kappa shape index (κ1) is 21.8. The molecule has 168 valence electrons. The maximum Gasteiger partial charge on any atom is 0.274 e. The van der Waals surface area contributed by atoms with Gasteiger partial charge in [0.2, 0.25) is 17.7 Å². The molecule has 2 N–H and O–H groups in total. The number of aromatic nitrogens is 5. The summed E-state index contributed by atoms with van der Waals surface area (Å²) in [5, 5.41) is 14.0. The second-order valence-electron chi connectivity index (χ2n) is 7.39. The number of aromatic amines is 1. The minimum atomic E-state index is -0.203. The van der Waals surface area contributed by atoms with Gasteiger partial charge in [-0.05, 0) is 18.9 Å². The van der Waals surface area contributed by atoms with E-state index in [9.17, 15) is 9.59 Å². The summed E-state index contributed by atoms with van der Waals surface area (Å²) in [4.78, 5) is 35.1. The van der Waals surface area contributed by atoms with Crippen molar-refractivity contribution in [2.45, 2.75) is 26.3 Å². The van der Waals surface area contributed by atoms with Gasteiger partial charge in [0.15, 0.2) is 11.5 Å². The van der Waals surface area contributed by atoms with Gasteiger partial charge in [-0.3, -0.25) is 14.7 Å². The first-order chi connectivity index (χ1) is 15.4. The molecule has 0 aliphatic carbocycles. The lowest BCUT2D eigenvalue weighted by Crippen LogP contribution is -2.43. The maximum atomic E-state index is 12.9. The van der Waals surface area contributed by atoms with E-state index in [2.05, 4.69) is 30.6 Å². The van der Waals surface area contributed by atoms with Crippen LogP contribution in [0.4, 0.5) is 0 Å². The van der Waals surface area contributed by atoms with Gasteiger partial charge in [0.05, 0.1) is 30.6 Å². The van der Waals surface area contributed by atoms with Gasteiger partial charge in [-0.25, -0.2) is 4.98 Å². The molecule has 4 heterocycles. The summed E-state index contributed by atoms with van der Waals surface area (Å²) < 4.78 is 10.0. The lowest BCUT2D eigenvalue weighted by molar-refractivity contribution is -0.126. The summed E-state index contributed by atoms with van der Waals surface area (Å²) in [5.41, 5.74) is 1.50. The van der Waals surface area contributed by atoms with E-state index in [1.54, 1.807) is 24.0 Å². The Morgan fingerprint density at radius 2 is 2.12 bits per heavy atom. The summed E-state index contributed by atoms with van der Waals surface area (Å²) in [6, 6.07) is 3.32. The van der Waals surface area contributed by atoms with Crippen molar-refractivity contribution in [1.82, 2.24) is 35.5 Å². The number of hydrogen-bond donors (Lipinski definition) is 2. The Morgan fingerprint density at radius 3 is 2.81 bits per heavy atom. The van der Waals surface area contributed by atoms with Gasteiger partial charge >= 0.3 is 0 Å². The van der Waals surface area contributed by atoms with Crippen molar-refractivity contribution in [1.29, 1.82) is 0 Å². The van der Waals surface area contributed by atoms with Crippen molar-refractivity contribution in [3.8, 4) is 17.1 Å². The van der Waals surface area contributed by atoms with Crippen molar-refractivity contribution in [2.24, 2.45) is 5.92 Å². The van der Waals surface area contributed by atoms with Crippen molar-refractivity contribution >= 4 is 23.4 Å². The molecule has 11 nitrogen and oxygen atoms in total. The molecule has 1 fully saturated rings. The number of nitrogens with zero attached hydrogens (tertiary/aromatic N) is 5. The van der Waals surface area contributed by atoms with Crippen molar-refractivity contribution < 1.29 is 18.8 Å². The van der Waals surface area contributed by atoms with Crippen LogP contribution >= 0.6 is 11.6 Å². The lowest BCUT2D eigenvalue weighted by Gasteiger charge is -2.30. The summed E-state index contributed by atoms with van der Waals surface area (Å²) in [6.45, 7) is 2.83. The number of carbonyl (C=O) groups is 2. The number of aryl methyl sites for hydroxylation is 1. The molecular formula is C20H22ClN7O4. The van der Waals surface area contributed by atoms with E-state index in [1.165, 1.54) is 13.3 Å². The number of halogens is 1. The molecule has 32 heavy (non-hydrogen) atoms. The van der Waals surface area contributed by atoms with Gasteiger partial charge in [-0.1, -0.05) is 16.8 Å². The molecule has 0 spiro atoms. The monoisotopic (exact) mass is 459 g/mol. The highest BCUT2D eigenvalue weighted by Crippen LogP contribution is 2.29. The number of piperidine rings is 1. The van der Waals surface area contributed by atoms with E-state index >= 15 is 0 Å². The second-order valence-corrected chi connectivity index (χ2v) is 7.79. The molecule has 3 aromatic rings. The van der Waals surface area contributed by atoms with Gasteiger partial charge in [-0.15, -0.1) is 0 Å². The van der Waals surface area contributed by atoms with E-state index in [-0.39, 0.29) is 30.0 Å². The number of nitrogens with one attached hydrogen (secondary N) is 2. The van der Waals surface area contributed by atoms with Gasteiger partial charge in [-0.2, -0.15) is 10.1 Å². The first-order valence-corrected chi connectivity index (χ1v) is 10.4. The summed E-state index contributed by atoms with van der Waals surface area (Å²) >= 11 is 6.22. The molecule has 0 saturated carbocycles. The maximum absolute atomic E-state index is 12.9. The van der Waals surface area contributed by atoms with Crippen LogP contribution in [0.15, 0.2) is 22.9 Å². The normalized spacial score (nSPS) is 14.4. The largest absolute Gasteiger partial charge is 0.481 e.